The van der Waals surface area contributed by atoms with Gasteiger partial charge in [0, 0.05) is 18.3 Å². The zero-order chi connectivity index (χ0) is 22.5. The van der Waals surface area contributed by atoms with Gasteiger partial charge in [-0.3, -0.25) is 0 Å². The second kappa shape index (κ2) is 9.38. The average Bonchev–Trinajstić information content (AvgIpc) is 3.31. The molecule has 0 aliphatic heterocycles. The van der Waals surface area contributed by atoms with Crippen molar-refractivity contribution in [2.45, 2.75) is 19.4 Å². The number of nitrogens with zero attached hydrogens (tertiary/aromatic N) is 5. The van der Waals surface area contributed by atoms with Crippen LogP contribution in [0, 0.1) is 5.82 Å². The predicted octanol–water partition coefficient (Wildman–Crippen LogP) is 5.19. The van der Waals surface area contributed by atoms with Gasteiger partial charge in [0.05, 0.1) is 18.1 Å². The first-order chi connectivity index (χ1) is 15.6. The fourth-order valence-electron chi connectivity index (χ4n) is 3.51. The molecule has 0 aliphatic carbocycles. The van der Waals surface area contributed by atoms with Crippen LogP contribution in [0.25, 0.3) is 17.2 Å². The zero-order valence-electron chi connectivity index (χ0n) is 18.0. The number of rotatable bonds is 7. The number of H-pyrrole nitrogens is 1. The van der Waals surface area contributed by atoms with Gasteiger partial charge in [0.2, 0.25) is 0 Å². The number of halogens is 1. The highest BCUT2D eigenvalue weighted by Crippen LogP contribution is 2.26. The van der Waals surface area contributed by atoms with Crippen LogP contribution < -0.4 is 10.2 Å². The van der Waals surface area contributed by atoms with Crippen molar-refractivity contribution >= 4 is 40.3 Å². The minimum absolute atomic E-state index is 0.234. The molecule has 2 aromatic carbocycles. The van der Waals surface area contributed by atoms with E-state index in [2.05, 4.69) is 38.8 Å². The Labute approximate surface area is 185 Å². The van der Waals surface area contributed by atoms with Crippen LogP contribution in [0.1, 0.15) is 18.9 Å². The third-order valence-electron chi connectivity index (χ3n) is 5.21. The molecule has 0 saturated carbocycles. The van der Waals surface area contributed by atoms with Gasteiger partial charge >= 0.3 is 0 Å². The molecular weight excluding hydrogens is 405 g/mol. The molecule has 8 heteroatoms. The van der Waals surface area contributed by atoms with Gasteiger partial charge in [-0.2, -0.15) is 0 Å². The van der Waals surface area contributed by atoms with Gasteiger partial charge in [0.15, 0.2) is 11.5 Å². The summed E-state index contributed by atoms with van der Waals surface area (Å²) in [6.07, 6.45) is 5.24. The lowest BCUT2D eigenvalue weighted by molar-refractivity contribution is 0.625. The molecule has 2 aromatic heterocycles. The normalized spacial score (nSPS) is 12.5. The monoisotopic (exact) mass is 429 g/mol. The van der Waals surface area contributed by atoms with Crippen LogP contribution in [0.4, 0.5) is 21.6 Å². The van der Waals surface area contributed by atoms with Crippen molar-refractivity contribution in [3.05, 3.63) is 79.1 Å². The molecule has 2 heterocycles. The van der Waals surface area contributed by atoms with Crippen LogP contribution >= 0.6 is 0 Å². The van der Waals surface area contributed by atoms with E-state index < -0.39 is 0 Å². The Kier molecular flexibility index (Phi) is 6.21. The summed E-state index contributed by atoms with van der Waals surface area (Å²) in [6, 6.07) is 14.5. The number of imidazole rings is 1. The fraction of sp³-hybridized carbons (Fsp3) is 0.167. The van der Waals surface area contributed by atoms with Gasteiger partial charge in [0.1, 0.15) is 23.5 Å². The lowest BCUT2D eigenvalue weighted by atomic mass is 10.1. The molecule has 0 aliphatic rings. The smallest absolute Gasteiger partial charge is 0.182 e. The van der Waals surface area contributed by atoms with Crippen molar-refractivity contribution in [2.24, 2.45) is 4.99 Å². The summed E-state index contributed by atoms with van der Waals surface area (Å²) >= 11 is 0. The molecule has 2 N–H and O–H groups in total. The molecular formula is C24H24FN7. The number of para-hydroxylation sites is 1. The maximum Gasteiger partial charge on any atom is 0.182 e. The van der Waals surface area contributed by atoms with Crippen LogP contribution in [-0.2, 0) is 0 Å². The highest BCUT2D eigenvalue weighted by molar-refractivity contribution is 6.04. The molecule has 0 saturated heterocycles. The Morgan fingerprint density at radius 3 is 2.75 bits per heavy atom. The fourth-order valence-corrected chi connectivity index (χ4v) is 3.51. The molecule has 0 bridgehead atoms. The molecule has 1 unspecified atom stereocenters. The van der Waals surface area contributed by atoms with E-state index in [1.54, 1.807) is 18.5 Å². The van der Waals surface area contributed by atoms with Crippen molar-refractivity contribution in [1.82, 2.24) is 19.9 Å². The van der Waals surface area contributed by atoms with Crippen LogP contribution in [0.15, 0.2) is 72.8 Å². The summed E-state index contributed by atoms with van der Waals surface area (Å²) in [4.78, 5) is 22.7. The number of fused-ring (bicyclic) bond motifs is 1. The van der Waals surface area contributed by atoms with Crippen molar-refractivity contribution in [1.29, 1.82) is 0 Å². The van der Waals surface area contributed by atoms with Crippen LogP contribution in [0.3, 0.4) is 0 Å². The van der Waals surface area contributed by atoms with Gasteiger partial charge in [-0.15, -0.1) is 0 Å². The number of aliphatic imine (C=N–C) groups is 1. The molecule has 0 radical (unpaired) electrons. The predicted molar refractivity (Wildman–Crippen MR) is 128 cm³/mol. The number of hydrogen-bond donors (Lipinski definition) is 2. The average molecular weight is 430 g/mol. The summed E-state index contributed by atoms with van der Waals surface area (Å²) < 4.78 is 14.4. The van der Waals surface area contributed by atoms with E-state index in [0.29, 0.717) is 40.5 Å². The van der Waals surface area contributed by atoms with E-state index in [-0.39, 0.29) is 11.9 Å². The van der Waals surface area contributed by atoms with Crippen molar-refractivity contribution in [2.75, 3.05) is 17.3 Å². The number of benzene rings is 2. The van der Waals surface area contributed by atoms with Gasteiger partial charge in [-0.1, -0.05) is 43.8 Å². The molecule has 1 atom stereocenters. The molecule has 162 valence electrons. The number of hydrogen-bond acceptors (Lipinski definition) is 5. The number of nitrogens with one attached hydrogen (secondary N) is 2. The van der Waals surface area contributed by atoms with Crippen molar-refractivity contribution in [3.8, 4) is 0 Å². The Balaban J connectivity index is 1.81. The molecule has 0 amide bonds. The van der Waals surface area contributed by atoms with E-state index in [4.69, 9.17) is 4.99 Å². The zero-order valence-corrected chi connectivity index (χ0v) is 18.0. The van der Waals surface area contributed by atoms with Crippen molar-refractivity contribution < 1.29 is 4.39 Å². The summed E-state index contributed by atoms with van der Waals surface area (Å²) in [7, 11) is 1.94. The number of anilines is 2. The second-order valence-corrected chi connectivity index (χ2v) is 7.17. The Bertz CT molecular complexity index is 1250. The minimum Gasteiger partial charge on any atom is -0.358 e. The first-order valence-corrected chi connectivity index (χ1v) is 10.3. The first-order valence-electron chi connectivity index (χ1n) is 10.3. The van der Waals surface area contributed by atoms with Gasteiger partial charge in [0.25, 0.3) is 0 Å². The maximum atomic E-state index is 14.4. The Hall–Kier alpha value is -4.07. The van der Waals surface area contributed by atoms with Gasteiger partial charge in [-0.25, -0.2) is 24.3 Å². The SMILES string of the molecule is C=Cc1c(F)cccc1N=C(C(CC)Nc1ncnc2nc[nH]c12)N(C)c1ccccc1. The third-order valence-corrected chi connectivity index (χ3v) is 5.21. The molecule has 32 heavy (non-hydrogen) atoms. The molecule has 0 spiro atoms. The quantitative estimate of drug-likeness (QED) is 0.312. The van der Waals surface area contributed by atoms with E-state index in [9.17, 15) is 4.39 Å². The highest BCUT2D eigenvalue weighted by Gasteiger charge is 2.22. The largest absolute Gasteiger partial charge is 0.358 e. The summed E-state index contributed by atoms with van der Waals surface area (Å²) in [5.74, 6) is 0.967. The summed E-state index contributed by atoms with van der Waals surface area (Å²) in [5.41, 5.74) is 3.11. The molecule has 0 fully saturated rings. The Morgan fingerprint density at radius 2 is 2.00 bits per heavy atom. The number of amidine groups is 1. The molecule has 4 rings (SSSR count). The van der Waals surface area contributed by atoms with Gasteiger partial charge < -0.3 is 15.2 Å². The standard InChI is InChI=1S/C24H24FN7/c1-4-17-18(25)12-9-13-20(17)31-24(32(3)16-10-7-6-8-11-16)19(5-2)30-23-21-22(27-14-26-21)28-15-29-23/h4,6-15,19H,1,5H2,2-3H3,(H2,26,27,28,29,30). The van der Waals surface area contributed by atoms with Gasteiger partial charge in [-0.05, 0) is 30.7 Å². The number of likely N-dealkylation sites (N-methyl/N-ethyl adjacent to an activating group) is 1. The topological polar surface area (TPSA) is 82.1 Å². The summed E-state index contributed by atoms with van der Waals surface area (Å²) in [5, 5.41) is 3.47. The highest BCUT2D eigenvalue weighted by atomic mass is 19.1. The molecule has 4 aromatic rings. The van der Waals surface area contributed by atoms with Crippen LogP contribution in [0.2, 0.25) is 0 Å². The van der Waals surface area contributed by atoms with E-state index >= 15 is 0 Å². The number of aromatic amines is 1. The van der Waals surface area contributed by atoms with Crippen LogP contribution in [-0.4, -0.2) is 38.9 Å². The van der Waals surface area contributed by atoms with E-state index in [1.807, 2.05) is 42.3 Å². The minimum atomic E-state index is -0.362. The molecule has 7 nitrogen and oxygen atoms in total. The van der Waals surface area contributed by atoms with Crippen LogP contribution in [0.5, 0.6) is 0 Å². The third kappa shape index (κ3) is 4.20. The summed E-state index contributed by atoms with van der Waals surface area (Å²) in [6.45, 7) is 5.81. The number of aromatic nitrogens is 4. The second-order valence-electron chi connectivity index (χ2n) is 7.17. The lowest BCUT2D eigenvalue weighted by Crippen LogP contribution is -2.41. The van der Waals surface area contributed by atoms with E-state index in [0.717, 1.165) is 5.69 Å². The van der Waals surface area contributed by atoms with Crippen molar-refractivity contribution in [3.63, 3.8) is 0 Å². The Morgan fingerprint density at radius 1 is 1.19 bits per heavy atom. The lowest BCUT2D eigenvalue weighted by Gasteiger charge is -2.29. The maximum absolute atomic E-state index is 14.4. The first kappa shape index (κ1) is 21.2. The van der Waals surface area contributed by atoms with E-state index in [1.165, 1.54) is 18.5 Å².